The van der Waals surface area contributed by atoms with Crippen molar-refractivity contribution in [1.82, 2.24) is 15.3 Å². The molecule has 0 aromatic carbocycles. The van der Waals surface area contributed by atoms with Crippen LogP contribution in [0.1, 0.15) is 24.2 Å². The lowest BCUT2D eigenvalue weighted by atomic mass is 10.2. The van der Waals surface area contributed by atoms with E-state index < -0.39 is 0 Å². The van der Waals surface area contributed by atoms with Gasteiger partial charge in [-0.05, 0) is 5.92 Å². The van der Waals surface area contributed by atoms with Gasteiger partial charge in [0.2, 0.25) is 5.95 Å². The first-order valence-electron chi connectivity index (χ1n) is 5.58. The summed E-state index contributed by atoms with van der Waals surface area (Å²) >= 11 is 0. The van der Waals surface area contributed by atoms with E-state index in [1.54, 1.807) is 6.08 Å². The highest BCUT2D eigenvalue weighted by Gasteiger charge is 2.05. The predicted octanol–water partition coefficient (Wildman–Crippen LogP) is 1.46. The summed E-state index contributed by atoms with van der Waals surface area (Å²) in [6.07, 6.45) is 4.64. The first-order chi connectivity index (χ1) is 8.13. The summed E-state index contributed by atoms with van der Waals surface area (Å²) in [7, 11) is 0. The fourth-order valence-electron chi connectivity index (χ4n) is 1.10. The molecular weight excluding hydrogens is 216 g/mol. The van der Waals surface area contributed by atoms with Crippen molar-refractivity contribution in [3.8, 4) is 0 Å². The molecule has 1 aromatic rings. The molecule has 0 radical (unpaired) electrons. The molecule has 1 heterocycles. The SMILES string of the molecule is C=CCNC(=O)c1cnc(NCC(C)C)nc1. The molecule has 0 saturated heterocycles. The third-order valence-electron chi connectivity index (χ3n) is 1.99. The van der Waals surface area contributed by atoms with Crippen LogP contribution in [-0.2, 0) is 0 Å². The van der Waals surface area contributed by atoms with Gasteiger partial charge in [0.25, 0.3) is 5.91 Å². The van der Waals surface area contributed by atoms with Gasteiger partial charge in [-0.3, -0.25) is 4.79 Å². The lowest BCUT2D eigenvalue weighted by Crippen LogP contribution is -2.23. The van der Waals surface area contributed by atoms with Crippen LogP contribution < -0.4 is 10.6 Å². The minimum Gasteiger partial charge on any atom is -0.354 e. The summed E-state index contributed by atoms with van der Waals surface area (Å²) in [5, 5.41) is 5.74. The molecule has 0 aliphatic rings. The van der Waals surface area contributed by atoms with E-state index in [0.717, 1.165) is 6.54 Å². The van der Waals surface area contributed by atoms with E-state index in [9.17, 15) is 4.79 Å². The van der Waals surface area contributed by atoms with E-state index in [0.29, 0.717) is 24.0 Å². The lowest BCUT2D eigenvalue weighted by molar-refractivity contribution is 0.0957. The van der Waals surface area contributed by atoms with E-state index in [4.69, 9.17) is 0 Å². The predicted molar refractivity (Wildman–Crippen MR) is 67.9 cm³/mol. The molecule has 0 bridgehead atoms. The first-order valence-corrected chi connectivity index (χ1v) is 5.58. The fourth-order valence-corrected chi connectivity index (χ4v) is 1.10. The van der Waals surface area contributed by atoms with Gasteiger partial charge in [-0.2, -0.15) is 0 Å². The number of anilines is 1. The Morgan fingerprint density at radius 1 is 1.47 bits per heavy atom. The summed E-state index contributed by atoms with van der Waals surface area (Å²) < 4.78 is 0. The van der Waals surface area contributed by atoms with Gasteiger partial charge in [-0.15, -0.1) is 6.58 Å². The van der Waals surface area contributed by atoms with Crippen LogP contribution in [0.5, 0.6) is 0 Å². The van der Waals surface area contributed by atoms with Crippen molar-refractivity contribution >= 4 is 11.9 Å². The molecule has 5 nitrogen and oxygen atoms in total. The Hall–Kier alpha value is -1.91. The first kappa shape index (κ1) is 13.2. The molecule has 92 valence electrons. The molecule has 17 heavy (non-hydrogen) atoms. The van der Waals surface area contributed by atoms with E-state index in [1.807, 2.05) is 0 Å². The summed E-state index contributed by atoms with van der Waals surface area (Å²) in [6, 6.07) is 0. The van der Waals surface area contributed by atoms with E-state index >= 15 is 0 Å². The van der Waals surface area contributed by atoms with Crippen LogP contribution in [0.2, 0.25) is 0 Å². The molecular formula is C12H18N4O. The normalized spacial score (nSPS) is 10.1. The summed E-state index contributed by atoms with van der Waals surface area (Å²) in [4.78, 5) is 19.7. The Morgan fingerprint density at radius 3 is 2.65 bits per heavy atom. The highest BCUT2D eigenvalue weighted by molar-refractivity contribution is 5.93. The Balaban J connectivity index is 2.55. The number of rotatable bonds is 6. The number of hydrogen-bond donors (Lipinski definition) is 2. The van der Waals surface area contributed by atoms with Crippen molar-refractivity contribution in [3.63, 3.8) is 0 Å². The van der Waals surface area contributed by atoms with Gasteiger partial charge in [0.15, 0.2) is 0 Å². The van der Waals surface area contributed by atoms with Crippen LogP contribution in [0.15, 0.2) is 25.0 Å². The maximum Gasteiger partial charge on any atom is 0.254 e. The third kappa shape index (κ3) is 4.63. The fraction of sp³-hybridized carbons (Fsp3) is 0.417. The van der Waals surface area contributed by atoms with Crippen molar-refractivity contribution < 1.29 is 4.79 Å². The Morgan fingerprint density at radius 2 is 2.12 bits per heavy atom. The second kappa shape index (κ2) is 6.62. The molecule has 0 aliphatic heterocycles. The van der Waals surface area contributed by atoms with Crippen molar-refractivity contribution in [2.24, 2.45) is 5.92 Å². The monoisotopic (exact) mass is 234 g/mol. The molecule has 0 saturated carbocycles. The highest BCUT2D eigenvalue weighted by atomic mass is 16.1. The van der Waals surface area contributed by atoms with Gasteiger partial charge >= 0.3 is 0 Å². The second-order valence-corrected chi connectivity index (χ2v) is 4.07. The number of aromatic nitrogens is 2. The smallest absolute Gasteiger partial charge is 0.254 e. The van der Waals surface area contributed by atoms with Gasteiger partial charge in [0.1, 0.15) is 0 Å². The molecule has 1 amide bonds. The number of carbonyl (C=O) groups excluding carboxylic acids is 1. The Kier molecular flexibility index (Phi) is 5.13. The highest BCUT2D eigenvalue weighted by Crippen LogP contribution is 2.01. The third-order valence-corrected chi connectivity index (χ3v) is 1.99. The van der Waals surface area contributed by atoms with E-state index in [-0.39, 0.29) is 5.91 Å². The van der Waals surface area contributed by atoms with Crippen LogP contribution in [0.25, 0.3) is 0 Å². The molecule has 1 aromatic heterocycles. The largest absolute Gasteiger partial charge is 0.354 e. The molecule has 5 heteroatoms. The number of amides is 1. The number of carbonyl (C=O) groups is 1. The van der Waals surface area contributed by atoms with Crippen LogP contribution in [0.3, 0.4) is 0 Å². The van der Waals surface area contributed by atoms with Crippen molar-refractivity contribution in [1.29, 1.82) is 0 Å². The van der Waals surface area contributed by atoms with Crippen molar-refractivity contribution in [3.05, 3.63) is 30.6 Å². The van der Waals surface area contributed by atoms with Crippen molar-refractivity contribution in [2.45, 2.75) is 13.8 Å². The van der Waals surface area contributed by atoms with E-state index in [1.165, 1.54) is 12.4 Å². The molecule has 1 rings (SSSR count). The van der Waals surface area contributed by atoms with Gasteiger partial charge in [-0.1, -0.05) is 19.9 Å². The standard InChI is InChI=1S/C12H18N4O/c1-4-5-13-11(17)10-7-15-12(16-8-10)14-6-9(2)3/h4,7-9H,1,5-6H2,2-3H3,(H,13,17)(H,14,15,16). The van der Waals surface area contributed by atoms with Gasteiger partial charge in [0, 0.05) is 25.5 Å². The minimum absolute atomic E-state index is 0.194. The van der Waals surface area contributed by atoms with Crippen LogP contribution >= 0.6 is 0 Å². The van der Waals surface area contributed by atoms with Gasteiger partial charge in [-0.25, -0.2) is 9.97 Å². The zero-order valence-corrected chi connectivity index (χ0v) is 10.2. The molecule has 0 aliphatic carbocycles. The average Bonchev–Trinajstić information content (AvgIpc) is 2.34. The molecule has 0 atom stereocenters. The minimum atomic E-state index is -0.194. The zero-order chi connectivity index (χ0) is 12.7. The van der Waals surface area contributed by atoms with Crippen LogP contribution in [-0.4, -0.2) is 29.0 Å². The molecule has 2 N–H and O–H groups in total. The summed E-state index contributed by atoms with van der Waals surface area (Å²) in [5.74, 6) is 0.869. The molecule has 0 spiro atoms. The quantitative estimate of drug-likeness (QED) is 0.731. The van der Waals surface area contributed by atoms with Crippen LogP contribution in [0, 0.1) is 5.92 Å². The Bertz CT molecular complexity index is 373. The van der Waals surface area contributed by atoms with Gasteiger partial charge < -0.3 is 10.6 Å². The molecule has 0 fully saturated rings. The second-order valence-electron chi connectivity index (χ2n) is 4.07. The van der Waals surface area contributed by atoms with Crippen LogP contribution in [0.4, 0.5) is 5.95 Å². The van der Waals surface area contributed by atoms with Crippen molar-refractivity contribution in [2.75, 3.05) is 18.4 Å². The zero-order valence-electron chi connectivity index (χ0n) is 10.2. The average molecular weight is 234 g/mol. The molecule has 0 unspecified atom stereocenters. The maximum absolute atomic E-state index is 11.5. The number of hydrogen-bond acceptors (Lipinski definition) is 4. The Labute approximate surface area is 101 Å². The number of nitrogens with zero attached hydrogens (tertiary/aromatic N) is 2. The van der Waals surface area contributed by atoms with E-state index in [2.05, 4.69) is 41.0 Å². The van der Waals surface area contributed by atoms with Gasteiger partial charge in [0.05, 0.1) is 5.56 Å². The summed E-state index contributed by atoms with van der Waals surface area (Å²) in [5.41, 5.74) is 0.446. The summed E-state index contributed by atoms with van der Waals surface area (Å²) in [6.45, 7) is 8.97. The maximum atomic E-state index is 11.5. The topological polar surface area (TPSA) is 66.9 Å². The number of nitrogens with one attached hydrogen (secondary N) is 2. The lowest BCUT2D eigenvalue weighted by Gasteiger charge is -2.07.